The monoisotopic (exact) mass is 495 g/mol. The highest BCUT2D eigenvalue weighted by Gasteiger charge is 2.52. The third-order valence-corrected chi connectivity index (χ3v) is 7.17. The van der Waals surface area contributed by atoms with E-state index in [1.165, 1.54) is 34.3 Å². The largest absolute Gasteiger partial charge is 0.395 e. The zero-order valence-corrected chi connectivity index (χ0v) is 19.4. The third kappa shape index (κ3) is 4.85. The fourth-order valence-corrected chi connectivity index (χ4v) is 5.63. The van der Waals surface area contributed by atoms with Gasteiger partial charge in [0.15, 0.2) is 5.69 Å². The molecule has 0 saturated carbocycles. The number of halogens is 1. The van der Waals surface area contributed by atoms with Gasteiger partial charge in [0.25, 0.3) is 0 Å². The molecule has 32 heavy (non-hydrogen) atoms. The predicted octanol–water partition coefficient (Wildman–Crippen LogP) is 1.69. The second-order valence-electron chi connectivity index (χ2n) is 6.98. The molecule has 2 aromatic heterocycles. The first-order chi connectivity index (χ1) is 15.5. The number of pyridine rings is 1. The molecule has 5 unspecified atom stereocenters. The van der Waals surface area contributed by atoms with Crippen molar-refractivity contribution in [3.63, 3.8) is 0 Å². The summed E-state index contributed by atoms with van der Waals surface area (Å²) >= 11 is 8.86. The van der Waals surface area contributed by atoms with Crippen molar-refractivity contribution in [2.75, 3.05) is 13.2 Å². The van der Waals surface area contributed by atoms with Crippen molar-refractivity contribution in [3.05, 3.63) is 45.8 Å². The maximum atomic E-state index is 9.46. The number of rotatable bonds is 7. The van der Waals surface area contributed by atoms with Gasteiger partial charge in [-0.15, -0.1) is 11.3 Å². The van der Waals surface area contributed by atoms with Gasteiger partial charge in [0.2, 0.25) is 0 Å². The highest BCUT2D eigenvalue weighted by Crippen LogP contribution is 2.39. The molecule has 0 aromatic carbocycles. The average molecular weight is 496 g/mol. The number of ether oxygens (including phenoxy) is 2. The Morgan fingerprint density at radius 2 is 2.41 bits per heavy atom. The second kappa shape index (κ2) is 10.3. The van der Waals surface area contributed by atoms with Gasteiger partial charge in [0.05, 0.1) is 17.3 Å². The zero-order valence-electron chi connectivity index (χ0n) is 17.1. The fraction of sp³-hybridized carbons (Fsp3) is 0.421. The summed E-state index contributed by atoms with van der Waals surface area (Å²) in [7, 11) is 0. The molecule has 13 heteroatoms. The standard InChI is InChI=1S/C19H22ClN7O3S2/c1-2-28-17-15(27(23)9-11(22)18-24-3-4-31-18)16-13(8-26-30-16)29-19(17)32-14-5-10(20)7-25-12(14)6-21/h3-5,7,9,13,15-17,19,26H,2,8,22-23H2,1H3/b11-9-. The maximum absolute atomic E-state index is 9.46. The normalized spacial score (nSPS) is 27.7. The Labute approximate surface area is 198 Å². The van der Waals surface area contributed by atoms with E-state index in [-0.39, 0.29) is 11.8 Å². The number of nitriles is 1. The lowest BCUT2D eigenvalue weighted by atomic mass is 9.97. The van der Waals surface area contributed by atoms with Gasteiger partial charge in [0, 0.05) is 35.5 Å². The lowest BCUT2D eigenvalue weighted by Crippen LogP contribution is -2.63. The molecular formula is C19H22ClN7O3S2. The Balaban J connectivity index is 1.66. The number of hydrazine groups is 1. The van der Waals surface area contributed by atoms with Gasteiger partial charge in [-0.1, -0.05) is 23.4 Å². The van der Waals surface area contributed by atoms with Gasteiger partial charge in [-0.3, -0.25) is 4.84 Å². The molecule has 4 heterocycles. The van der Waals surface area contributed by atoms with Crippen molar-refractivity contribution >= 4 is 40.4 Å². The van der Waals surface area contributed by atoms with E-state index in [0.717, 1.165) is 0 Å². The van der Waals surface area contributed by atoms with Crippen LogP contribution in [0.4, 0.5) is 0 Å². The number of hydroxylamine groups is 1. The molecule has 0 bridgehead atoms. The molecule has 0 amide bonds. The van der Waals surface area contributed by atoms with E-state index < -0.39 is 23.7 Å². The van der Waals surface area contributed by atoms with Crippen molar-refractivity contribution in [1.82, 2.24) is 20.5 Å². The zero-order chi connectivity index (χ0) is 22.7. The Morgan fingerprint density at radius 1 is 1.56 bits per heavy atom. The number of aromatic nitrogens is 2. The molecule has 2 saturated heterocycles. The molecule has 10 nitrogen and oxygen atoms in total. The SMILES string of the molecule is CCOC1C(Sc2cc(Cl)cnc2C#N)OC2CNOC2C1N(N)/C=C(\N)c1nccs1. The van der Waals surface area contributed by atoms with Crippen LogP contribution in [0.25, 0.3) is 5.70 Å². The molecule has 2 aromatic rings. The summed E-state index contributed by atoms with van der Waals surface area (Å²) in [6, 6.07) is 3.35. The molecule has 4 rings (SSSR count). The smallest absolute Gasteiger partial charge is 0.154 e. The minimum absolute atomic E-state index is 0.259. The van der Waals surface area contributed by atoms with Crippen LogP contribution in [0.3, 0.4) is 0 Å². The van der Waals surface area contributed by atoms with Crippen LogP contribution in [-0.2, 0) is 14.3 Å². The fourth-order valence-electron chi connectivity index (χ4n) is 3.62. The van der Waals surface area contributed by atoms with E-state index in [1.807, 2.05) is 12.3 Å². The minimum Gasteiger partial charge on any atom is -0.395 e. The molecule has 0 aliphatic carbocycles. The van der Waals surface area contributed by atoms with E-state index in [4.69, 9.17) is 37.5 Å². The first-order valence-electron chi connectivity index (χ1n) is 9.80. The lowest BCUT2D eigenvalue weighted by molar-refractivity contribution is -0.178. The van der Waals surface area contributed by atoms with Gasteiger partial charge in [0.1, 0.15) is 40.9 Å². The van der Waals surface area contributed by atoms with Gasteiger partial charge >= 0.3 is 0 Å². The lowest BCUT2D eigenvalue weighted by Gasteiger charge is -2.45. The Bertz CT molecular complexity index is 1000. The number of nitrogens with two attached hydrogens (primary N) is 2. The Hall–Kier alpha value is -1.95. The predicted molar refractivity (Wildman–Crippen MR) is 121 cm³/mol. The Kier molecular flexibility index (Phi) is 7.49. The Morgan fingerprint density at radius 3 is 3.12 bits per heavy atom. The van der Waals surface area contributed by atoms with Gasteiger partial charge in [-0.05, 0) is 13.0 Å². The number of hydrogen-bond donors (Lipinski definition) is 3. The number of thiazole rings is 1. The summed E-state index contributed by atoms with van der Waals surface area (Å²) in [5.74, 6) is 6.48. The number of hydrogen-bond acceptors (Lipinski definition) is 12. The number of nitrogens with one attached hydrogen (secondary N) is 1. The summed E-state index contributed by atoms with van der Waals surface area (Å²) in [5, 5.41) is 13.9. The summed E-state index contributed by atoms with van der Waals surface area (Å²) in [6.45, 7) is 2.79. The van der Waals surface area contributed by atoms with Gasteiger partial charge in [-0.2, -0.15) is 10.7 Å². The highest BCUT2D eigenvalue weighted by atomic mass is 35.5. The van der Waals surface area contributed by atoms with Crippen LogP contribution in [-0.4, -0.2) is 57.9 Å². The van der Waals surface area contributed by atoms with E-state index >= 15 is 0 Å². The van der Waals surface area contributed by atoms with Crippen molar-refractivity contribution in [2.24, 2.45) is 11.6 Å². The van der Waals surface area contributed by atoms with Crippen molar-refractivity contribution in [3.8, 4) is 6.07 Å². The third-order valence-electron chi connectivity index (χ3n) is 4.96. The molecule has 2 aliphatic heterocycles. The molecule has 170 valence electrons. The molecular weight excluding hydrogens is 474 g/mol. The van der Waals surface area contributed by atoms with E-state index in [2.05, 4.69) is 21.5 Å². The molecule has 2 fully saturated rings. The van der Waals surface area contributed by atoms with Crippen LogP contribution < -0.4 is 17.1 Å². The summed E-state index contributed by atoms with van der Waals surface area (Å²) in [4.78, 5) is 14.7. The summed E-state index contributed by atoms with van der Waals surface area (Å²) in [6.07, 6.45) is 3.55. The average Bonchev–Trinajstić information content (AvgIpc) is 3.46. The summed E-state index contributed by atoms with van der Waals surface area (Å²) in [5.41, 5.74) is 9.29. The highest BCUT2D eigenvalue weighted by molar-refractivity contribution is 7.99. The number of nitrogens with zero attached hydrogens (tertiary/aromatic N) is 4. The molecule has 5 N–H and O–H groups in total. The van der Waals surface area contributed by atoms with E-state index in [1.54, 1.807) is 18.5 Å². The van der Waals surface area contributed by atoms with E-state index in [9.17, 15) is 5.26 Å². The first kappa shape index (κ1) is 23.2. The van der Waals surface area contributed by atoms with Crippen LogP contribution in [0.5, 0.6) is 0 Å². The van der Waals surface area contributed by atoms with Crippen LogP contribution in [0.1, 0.15) is 17.6 Å². The van der Waals surface area contributed by atoms with Crippen molar-refractivity contribution < 1.29 is 14.3 Å². The maximum Gasteiger partial charge on any atom is 0.154 e. The second-order valence-corrected chi connectivity index (χ2v) is 9.45. The molecule has 5 atom stereocenters. The van der Waals surface area contributed by atoms with Gasteiger partial charge in [-0.25, -0.2) is 15.8 Å². The van der Waals surface area contributed by atoms with Crippen LogP contribution in [0.2, 0.25) is 5.02 Å². The summed E-state index contributed by atoms with van der Waals surface area (Å²) < 4.78 is 12.4. The van der Waals surface area contributed by atoms with Crippen LogP contribution >= 0.6 is 34.7 Å². The van der Waals surface area contributed by atoms with E-state index in [0.29, 0.717) is 33.8 Å². The molecule has 0 radical (unpaired) electrons. The molecule has 2 aliphatic rings. The van der Waals surface area contributed by atoms with Crippen LogP contribution in [0, 0.1) is 11.3 Å². The number of fused-ring (bicyclic) bond motifs is 1. The minimum atomic E-state index is -0.512. The van der Waals surface area contributed by atoms with Crippen LogP contribution in [0.15, 0.2) is 34.9 Å². The number of thioether (sulfide) groups is 1. The quantitative estimate of drug-likeness (QED) is 0.381. The van der Waals surface area contributed by atoms with Crippen molar-refractivity contribution in [2.45, 2.75) is 41.6 Å². The topological polar surface area (TPSA) is 145 Å². The molecule has 0 spiro atoms. The van der Waals surface area contributed by atoms with Gasteiger partial charge < -0.3 is 20.2 Å². The first-order valence-corrected chi connectivity index (χ1v) is 11.9. The van der Waals surface area contributed by atoms with Crippen molar-refractivity contribution in [1.29, 1.82) is 5.26 Å².